The van der Waals surface area contributed by atoms with Crippen LogP contribution in [0.5, 0.6) is 0 Å². The van der Waals surface area contributed by atoms with Gasteiger partial charge in [-0.05, 0) is 32.1 Å². The number of allylic oxidation sites excluding steroid dienone is 2. The summed E-state index contributed by atoms with van der Waals surface area (Å²) in [6.45, 7) is 3.06. The fourth-order valence-corrected chi connectivity index (χ4v) is 3.78. The van der Waals surface area contributed by atoms with Crippen molar-refractivity contribution < 1.29 is 9.28 Å². The molecule has 0 saturated carbocycles. The van der Waals surface area contributed by atoms with Crippen LogP contribution in [0.4, 0.5) is 0 Å². The van der Waals surface area contributed by atoms with Crippen molar-refractivity contribution in [3.8, 4) is 0 Å². The van der Waals surface area contributed by atoms with Crippen molar-refractivity contribution in [2.45, 2.75) is 103 Å². The first kappa shape index (κ1) is 25.6. The molecule has 0 bridgehead atoms. The van der Waals surface area contributed by atoms with Gasteiger partial charge < -0.3 is 0 Å². The summed E-state index contributed by atoms with van der Waals surface area (Å²) < 4.78 is 0.452. The van der Waals surface area contributed by atoms with Gasteiger partial charge in [-0.25, -0.2) is 4.79 Å². The summed E-state index contributed by atoms with van der Waals surface area (Å²) in [6.07, 6.45) is 22.3. The minimum atomic E-state index is 0.353. The highest BCUT2D eigenvalue weighted by Crippen LogP contribution is 2.15. The van der Waals surface area contributed by atoms with Gasteiger partial charge in [0, 0.05) is 5.56 Å². The van der Waals surface area contributed by atoms with E-state index in [9.17, 15) is 4.79 Å². The van der Waals surface area contributed by atoms with Crippen LogP contribution in [0.1, 0.15) is 102 Å². The van der Waals surface area contributed by atoms with Crippen LogP contribution < -0.4 is 0 Å². The summed E-state index contributed by atoms with van der Waals surface area (Å²) in [5.74, 6) is 0.353. The van der Waals surface area contributed by atoms with Crippen molar-refractivity contribution in [1.29, 1.82) is 0 Å². The average Bonchev–Trinajstić information content (AvgIpc) is 2.71. The smallest absolute Gasteiger partial charge is 0.262 e. The molecule has 0 aliphatic heterocycles. The van der Waals surface area contributed by atoms with E-state index in [0.29, 0.717) is 16.8 Å². The number of rotatable bonds is 17. The van der Waals surface area contributed by atoms with Gasteiger partial charge in [-0.2, -0.15) is 0 Å². The minimum absolute atomic E-state index is 0.353. The lowest BCUT2D eigenvalue weighted by Gasteiger charge is -2.27. The second-order valence-electron chi connectivity index (χ2n) is 9.06. The lowest BCUT2D eigenvalue weighted by atomic mass is 10.1. The number of unbranched alkanes of at least 4 members (excludes halogenated alkanes) is 11. The van der Waals surface area contributed by atoms with Crippen LogP contribution in [0.15, 0.2) is 42.5 Å². The second kappa shape index (κ2) is 16.4. The highest BCUT2D eigenvalue weighted by Gasteiger charge is 2.25. The monoisotopic (exact) mass is 400 g/mol. The first-order valence-electron chi connectivity index (χ1n) is 12.1. The second-order valence-corrected chi connectivity index (χ2v) is 9.06. The maximum absolute atomic E-state index is 12.6. The van der Waals surface area contributed by atoms with Crippen LogP contribution in [0, 0.1) is 0 Å². The summed E-state index contributed by atoms with van der Waals surface area (Å²) in [7, 11) is 4.07. The Labute approximate surface area is 181 Å². The Morgan fingerprint density at radius 3 is 1.86 bits per heavy atom. The minimum Gasteiger partial charge on any atom is -0.262 e. The van der Waals surface area contributed by atoms with E-state index in [-0.39, 0.29) is 0 Å². The first-order chi connectivity index (χ1) is 14.1. The predicted molar refractivity (Wildman–Crippen MR) is 127 cm³/mol. The molecule has 0 spiro atoms. The zero-order chi connectivity index (χ0) is 21.2. The van der Waals surface area contributed by atoms with Gasteiger partial charge in [0.1, 0.15) is 6.54 Å². The van der Waals surface area contributed by atoms with E-state index in [1.165, 1.54) is 82.6 Å². The van der Waals surface area contributed by atoms with Crippen LogP contribution in [-0.4, -0.2) is 24.5 Å². The molecule has 0 N–H and O–H groups in total. The molecular formula is C27H46NO+. The summed E-state index contributed by atoms with van der Waals surface area (Å²) in [4.78, 5) is 12.6. The zero-order valence-electron chi connectivity index (χ0n) is 19.5. The van der Waals surface area contributed by atoms with E-state index < -0.39 is 0 Å². The van der Waals surface area contributed by atoms with E-state index in [1.54, 1.807) is 0 Å². The van der Waals surface area contributed by atoms with Crippen LogP contribution in [0.25, 0.3) is 0 Å². The lowest BCUT2D eigenvalue weighted by Crippen LogP contribution is -2.44. The molecule has 0 heterocycles. The zero-order valence-corrected chi connectivity index (χ0v) is 19.5. The third kappa shape index (κ3) is 13.4. The van der Waals surface area contributed by atoms with Gasteiger partial charge in [0.2, 0.25) is 0 Å². The predicted octanol–water partition coefficient (Wildman–Crippen LogP) is 7.83. The molecule has 29 heavy (non-hydrogen) atoms. The highest BCUT2D eigenvalue weighted by molar-refractivity contribution is 5.68. The topological polar surface area (TPSA) is 17.1 Å². The van der Waals surface area contributed by atoms with Crippen molar-refractivity contribution in [2.24, 2.45) is 0 Å². The molecule has 0 aliphatic carbocycles. The van der Waals surface area contributed by atoms with Gasteiger partial charge in [-0.3, -0.25) is 4.48 Å². The Bertz CT molecular complexity index is 547. The molecule has 0 saturated heterocycles. The molecule has 1 amide bonds. The van der Waals surface area contributed by atoms with Crippen molar-refractivity contribution in [3.63, 3.8) is 0 Å². The molecule has 0 atom stereocenters. The number of carbonyl (C=O) groups excluding carboxylic acids is 1. The molecule has 1 aromatic rings. The third-order valence-electron chi connectivity index (χ3n) is 5.75. The Morgan fingerprint density at radius 1 is 0.759 bits per heavy atom. The fraction of sp³-hybridized carbons (Fsp3) is 0.667. The largest absolute Gasteiger partial charge is 0.313 e. The van der Waals surface area contributed by atoms with Crippen LogP contribution in [0.2, 0.25) is 0 Å². The van der Waals surface area contributed by atoms with E-state index in [4.69, 9.17) is 0 Å². The number of benzene rings is 1. The van der Waals surface area contributed by atoms with E-state index in [0.717, 1.165) is 13.0 Å². The van der Waals surface area contributed by atoms with Crippen molar-refractivity contribution in [1.82, 2.24) is 0 Å². The number of carbonyl (C=O) groups is 1. The Kier molecular flexibility index (Phi) is 14.5. The molecule has 2 heteroatoms. The van der Waals surface area contributed by atoms with E-state index in [2.05, 4.69) is 31.2 Å². The fourth-order valence-electron chi connectivity index (χ4n) is 3.78. The Hall–Kier alpha value is -1.41. The molecule has 0 unspecified atom stereocenters. The normalized spacial score (nSPS) is 12.0. The van der Waals surface area contributed by atoms with Crippen LogP contribution in [-0.2, 0) is 11.3 Å². The van der Waals surface area contributed by atoms with Crippen LogP contribution >= 0.6 is 0 Å². The number of hydrogen-bond acceptors (Lipinski definition) is 1. The average molecular weight is 401 g/mol. The number of nitrogens with zero attached hydrogens (tertiary/aromatic N) is 1. The first-order valence-corrected chi connectivity index (χ1v) is 12.1. The quantitative estimate of drug-likeness (QED) is 0.148. The SMILES string of the molecule is CCCCCCCCC=CCCCCCCCC(=O)[N+](C)(C)Cc1ccccc1. The van der Waals surface area contributed by atoms with Gasteiger partial charge in [-0.1, -0.05) is 101 Å². The van der Waals surface area contributed by atoms with Gasteiger partial charge in [0.05, 0.1) is 20.5 Å². The maximum atomic E-state index is 12.6. The molecule has 0 fully saturated rings. The molecular weight excluding hydrogens is 354 g/mol. The number of amides is 1. The van der Waals surface area contributed by atoms with Crippen LogP contribution in [0.3, 0.4) is 0 Å². The molecule has 164 valence electrons. The highest BCUT2D eigenvalue weighted by atomic mass is 16.2. The summed E-state index contributed by atoms with van der Waals surface area (Å²) in [5, 5.41) is 0. The Morgan fingerprint density at radius 2 is 1.28 bits per heavy atom. The number of hydrogen-bond donors (Lipinski definition) is 0. The summed E-state index contributed by atoms with van der Waals surface area (Å²) >= 11 is 0. The molecule has 2 nitrogen and oxygen atoms in total. The van der Waals surface area contributed by atoms with Crippen molar-refractivity contribution in [3.05, 3.63) is 48.0 Å². The van der Waals surface area contributed by atoms with Gasteiger partial charge in [0.15, 0.2) is 0 Å². The summed E-state index contributed by atoms with van der Waals surface area (Å²) in [5.41, 5.74) is 1.23. The standard InChI is InChI=1S/C27H46NO/c1-4-5-6-7-8-9-10-11-12-13-14-15-16-17-21-24-27(29)28(2,3)25-26-22-19-18-20-23-26/h11-12,18-20,22-23H,4-10,13-17,21,24-25H2,1-3H3/q+1. The number of quaternary nitrogens is 1. The molecule has 0 radical (unpaired) electrons. The van der Waals surface area contributed by atoms with E-state index >= 15 is 0 Å². The van der Waals surface area contributed by atoms with Crippen molar-refractivity contribution in [2.75, 3.05) is 14.1 Å². The molecule has 0 aliphatic rings. The van der Waals surface area contributed by atoms with Gasteiger partial charge in [0.25, 0.3) is 0 Å². The molecule has 1 rings (SSSR count). The van der Waals surface area contributed by atoms with Gasteiger partial charge in [-0.15, -0.1) is 0 Å². The summed E-state index contributed by atoms with van der Waals surface area (Å²) in [6, 6.07) is 10.3. The third-order valence-corrected chi connectivity index (χ3v) is 5.75. The molecule has 0 aromatic heterocycles. The lowest BCUT2D eigenvalue weighted by molar-refractivity contribution is -0.828. The van der Waals surface area contributed by atoms with Gasteiger partial charge >= 0.3 is 5.91 Å². The molecule has 1 aromatic carbocycles. The van der Waals surface area contributed by atoms with E-state index in [1.807, 2.05) is 32.3 Å². The van der Waals surface area contributed by atoms with Crippen molar-refractivity contribution >= 4 is 5.91 Å². The maximum Gasteiger partial charge on any atom is 0.313 e. The Balaban J connectivity index is 1.97.